The van der Waals surface area contributed by atoms with Crippen LogP contribution in [0.3, 0.4) is 0 Å². The van der Waals surface area contributed by atoms with E-state index < -0.39 is 0 Å². The second-order valence-electron chi connectivity index (χ2n) is 3.97. The fourth-order valence-electron chi connectivity index (χ4n) is 1.68. The smallest absolute Gasteiger partial charge is 0.137 e. The molecule has 1 atom stereocenters. The van der Waals surface area contributed by atoms with E-state index in [1.54, 1.807) is 0 Å². The molecule has 0 fully saturated rings. The van der Waals surface area contributed by atoms with Gasteiger partial charge in [0.2, 0.25) is 0 Å². The summed E-state index contributed by atoms with van der Waals surface area (Å²) in [7, 11) is 0. The Balaban J connectivity index is 1.58. The Morgan fingerprint density at radius 3 is 2.41 bits per heavy atom. The van der Waals surface area contributed by atoms with E-state index in [9.17, 15) is 5.11 Å². The van der Waals surface area contributed by atoms with Gasteiger partial charge in [-0.2, -0.15) is 10.2 Å². The lowest BCUT2D eigenvalue weighted by Gasteiger charge is -2.07. The summed E-state index contributed by atoms with van der Waals surface area (Å²) in [5, 5.41) is 22.8. The fourth-order valence-corrected chi connectivity index (χ4v) is 1.68. The van der Waals surface area contributed by atoms with Gasteiger partial charge in [0.05, 0.1) is 6.10 Å². The second kappa shape index (κ2) is 6.09. The highest BCUT2D eigenvalue weighted by Gasteiger charge is 2.07. The monoisotopic (exact) mass is 236 g/mol. The molecule has 0 aliphatic heterocycles. The van der Waals surface area contributed by atoms with E-state index in [1.807, 2.05) is 0 Å². The number of rotatable bonds is 7. The molecule has 2 aromatic heterocycles. The zero-order chi connectivity index (χ0) is 11.9. The molecule has 0 aromatic carbocycles. The molecular formula is C10H16N6O. The molecule has 0 radical (unpaired) electrons. The first kappa shape index (κ1) is 11.7. The summed E-state index contributed by atoms with van der Waals surface area (Å²) in [6, 6.07) is 0. The minimum atomic E-state index is -0.363. The number of nitrogens with one attached hydrogen (secondary N) is 2. The van der Waals surface area contributed by atoms with E-state index in [4.69, 9.17) is 0 Å². The predicted octanol–water partition coefficient (Wildman–Crippen LogP) is 0.239. The van der Waals surface area contributed by atoms with Crippen molar-refractivity contribution in [3.63, 3.8) is 0 Å². The van der Waals surface area contributed by atoms with E-state index in [0.717, 1.165) is 37.3 Å². The van der Waals surface area contributed by atoms with Gasteiger partial charge in [0.15, 0.2) is 0 Å². The lowest BCUT2D eigenvalue weighted by molar-refractivity contribution is 0.159. The Hall–Kier alpha value is -1.76. The number of hydrogen-bond donors (Lipinski definition) is 3. The lowest BCUT2D eigenvalue weighted by Crippen LogP contribution is -2.11. The SMILES string of the molecule is OC(CCCCc1ncn[nH]1)Cc1ncn[nH]1. The van der Waals surface area contributed by atoms with Crippen LogP contribution in [0.1, 0.15) is 30.9 Å². The maximum atomic E-state index is 9.75. The zero-order valence-corrected chi connectivity index (χ0v) is 9.50. The molecule has 2 heterocycles. The van der Waals surface area contributed by atoms with Crippen molar-refractivity contribution in [1.29, 1.82) is 0 Å². The van der Waals surface area contributed by atoms with E-state index in [2.05, 4.69) is 30.4 Å². The summed E-state index contributed by atoms with van der Waals surface area (Å²) in [6.45, 7) is 0. The minimum Gasteiger partial charge on any atom is -0.393 e. The van der Waals surface area contributed by atoms with Gasteiger partial charge in [-0.15, -0.1) is 0 Å². The summed E-state index contributed by atoms with van der Waals surface area (Å²) in [4.78, 5) is 8.02. The summed E-state index contributed by atoms with van der Waals surface area (Å²) < 4.78 is 0. The van der Waals surface area contributed by atoms with Crippen LogP contribution in [0.25, 0.3) is 0 Å². The molecule has 17 heavy (non-hydrogen) atoms. The van der Waals surface area contributed by atoms with E-state index in [0.29, 0.717) is 6.42 Å². The van der Waals surface area contributed by atoms with Gasteiger partial charge >= 0.3 is 0 Å². The highest BCUT2D eigenvalue weighted by Crippen LogP contribution is 2.07. The number of aromatic nitrogens is 6. The van der Waals surface area contributed by atoms with Gasteiger partial charge in [-0.25, -0.2) is 9.97 Å². The van der Waals surface area contributed by atoms with Crippen molar-refractivity contribution in [2.45, 2.75) is 38.2 Å². The van der Waals surface area contributed by atoms with Crippen LogP contribution in [0.2, 0.25) is 0 Å². The normalized spacial score (nSPS) is 12.8. The number of aromatic amines is 2. The van der Waals surface area contributed by atoms with Crippen molar-refractivity contribution in [1.82, 2.24) is 30.4 Å². The molecule has 0 bridgehead atoms. The molecule has 2 aromatic rings. The van der Waals surface area contributed by atoms with E-state index in [-0.39, 0.29) is 6.10 Å². The molecule has 0 amide bonds. The van der Waals surface area contributed by atoms with Gasteiger partial charge in [0.1, 0.15) is 24.3 Å². The van der Waals surface area contributed by atoms with Crippen molar-refractivity contribution >= 4 is 0 Å². The van der Waals surface area contributed by atoms with Gasteiger partial charge < -0.3 is 5.11 Å². The van der Waals surface area contributed by atoms with Crippen LogP contribution >= 0.6 is 0 Å². The van der Waals surface area contributed by atoms with Gasteiger partial charge in [0.25, 0.3) is 0 Å². The third kappa shape index (κ3) is 3.95. The van der Waals surface area contributed by atoms with Gasteiger partial charge in [-0.3, -0.25) is 10.2 Å². The quantitative estimate of drug-likeness (QED) is 0.597. The molecule has 0 aliphatic rings. The lowest BCUT2D eigenvalue weighted by atomic mass is 10.1. The Bertz CT molecular complexity index is 398. The average Bonchev–Trinajstić information content (AvgIpc) is 2.96. The number of H-pyrrole nitrogens is 2. The molecule has 0 spiro atoms. The maximum absolute atomic E-state index is 9.75. The molecule has 7 heteroatoms. The van der Waals surface area contributed by atoms with Crippen molar-refractivity contribution < 1.29 is 5.11 Å². The molecular weight excluding hydrogens is 220 g/mol. The number of unbranched alkanes of at least 4 members (excludes halogenated alkanes) is 1. The topological polar surface area (TPSA) is 103 Å². The molecule has 2 rings (SSSR count). The van der Waals surface area contributed by atoms with E-state index >= 15 is 0 Å². The summed E-state index contributed by atoms with van der Waals surface area (Å²) in [5.41, 5.74) is 0. The zero-order valence-electron chi connectivity index (χ0n) is 9.50. The predicted molar refractivity (Wildman–Crippen MR) is 60.0 cm³/mol. The summed E-state index contributed by atoms with van der Waals surface area (Å²) in [6.07, 6.45) is 6.70. The van der Waals surface area contributed by atoms with Crippen LogP contribution in [0, 0.1) is 0 Å². The standard InChI is InChI=1S/C10H16N6O/c17-8(5-10-12-7-14-16-10)3-1-2-4-9-11-6-13-15-9/h6-8,17H,1-5H2,(H,11,13,15)(H,12,14,16). The number of aliphatic hydroxyl groups excluding tert-OH is 1. The summed E-state index contributed by atoms with van der Waals surface area (Å²) >= 11 is 0. The highest BCUT2D eigenvalue weighted by atomic mass is 16.3. The Labute approximate surface area is 98.7 Å². The highest BCUT2D eigenvalue weighted by molar-refractivity contribution is 4.83. The maximum Gasteiger partial charge on any atom is 0.137 e. The first-order chi connectivity index (χ1) is 8.34. The first-order valence-corrected chi connectivity index (χ1v) is 5.71. The molecule has 0 saturated carbocycles. The molecule has 92 valence electrons. The molecule has 1 unspecified atom stereocenters. The Morgan fingerprint density at radius 2 is 1.76 bits per heavy atom. The van der Waals surface area contributed by atoms with Crippen molar-refractivity contribution in [3.05, 3.63) is 24.3 Å². The van der Waals surface area contributed by atoms with E-state index in [1.165, 1.54) is 12.7 Å². The van der Waals surface area contributed by atoms with Crippen LogP contribution < -0.4 is 0 Å². The van der Waals surface area contributed by atoms with Gasteiger partial charge in [0, 0.05) is 12.8 Å². The Morgan fingerprint density at radius 1 is 1.06 bits per heavy atom. The van der Waals surface area contributed by atoms with Crippen molar-refractivity contribution in [2.24, 2.45) is 0 Å². The molecule has 0 aliphatic carbocycles. The number of nitrogens with zero attached hydrogens (tertiary/aromatic N) is 4. The van der Waals surface area contributed by atoms with Gasteiger partial charge in [-0.1, -0.05) is 6.42 Å². The van der Waals surface area contributed by atoms with Crippen molar-refractivity contribution in [2.75, 3.05) is 0 Å². The molecule has 7 nitrogen and oxygen atoms in total. The first-order valence-electron chi connectivity index (χ1n) is 5.71. The number of aliphatic hydroxyl groups is 1. The minimum absolute atomic E-state index is 0.363. The van der Waals surface area contributed by atoms with Crippen LogP contribution in [0.4, 0.5) is 0 Å². The largest absolute Gasteiger partial charge is 0.393 e. The third-order valence-electron chi connectivity index (χ3n) is 2.56. The van der Waals surface area contributed by atoms with Crippen LogP contribution in [-0.4, -0.2) is 41.6 Å². The number of hydrogen-bond acceptors (Lipinski definition) is 5. The van der Waals surface area contributed by atoms with Crippen molar-refractivity contribution in [3.8, 4) is 0 Å². The second-order valence-corrected chi connectivity index (χ2v) is 3.97. The molecule has 0 saturated heterocycles. The van der Waals surface area contributed by atoms with Crippen LogP contribution in [0.15, 0.2) is 12.7 Å². The summed E-state index contributed by atoms with van der Waals surface area (Å²) in [5.74, 6) is 1.63. The fraction of sp³-hybridized carbons (Fsp3) is 0.600. The number of aryl methyl sites for hydroxylation is 1. The average molecular weight is 236 g/mol. The van der Waals surface area contributed by atoms with Crippen LogP contribution in [0.5, 0.6) is 0 Å². The van der Waals surface area contributed by atoms with Crippen LogP contribution in [-0.2, 0) is 12.8 Å². The third-order valence-corrected chi connectivity index (χ3v) is 2.56. The van der Waals surface area contributed by atoms with Gasteiger partial charge in [-0.05, 0) is 12.8 Å². The molecule has 3 N–H and O–H groups in total. The Kier molecular flexibility index (Phi) is 4.20.